The lowest BCUT2D eigenvalue weighted by Crippen LogP contribution is -2.36. The molecule has 1 aromatic carbocycles. The van der Waals surface area contributed by atoms with Crippen LogP contribution in [0.15, 0.2) is 18.2 Å². The monoisotopic (exact) mass is 292 g/mol. The largest absolute Gasteiger partial charge is 0.354 e. The van der Waals surface area contributed by atoms with Gasteiger partial charge in [0.2, 0.25) is 0 Å². The standard InChI is InChI=1S/C11H14Cl2N2O3/c1-17-9(18-2)6-14-11(16)15-10-7(12)4-3-5-8(10)13/h3-5,9H,6H2,1-2H3,(H2,14,15,16). The SMILES string of the molecule is COC(CNC(=O)Nc1c(Cl)cccc1Cl)OC. The Morgan fingerprint density at radius 2 is 1.83 bits per heavy atom. The van der Waals surface area contributed by atoms with Gasteiger partial charge in [-0.15, -0.1) is 0 Å². The van der Waals surface area contributed by atoms with Crippen molar-refractivity contribution < 1.29 is 14.3 Å². The van der Waals surface area contributed by atoms with Crippen LogP contribution in [-0.2, 0) is 9.47 Å². The number of ether oxygens (including phenoxy) is 2. The summed E-state index contributed by atoms with van der Waals surface area (Å²) in [6, 6.07) is 4.52. The number of methoxy groups -OCH3 is 2. The van der Waals surface area contributed by atoms with Crippen molar-refractivity contribution >= 4 is 34.9 Å². The summed E-state index contributed by atoms with van der Waals surface area (Å²) in [5.41, 5.74) is 0.365. The maximum absolute atomic E-state index is 11.6. The molecule has 7 heteroatoms. The molecule has 0 saturated heterocycles. The predicted molar refractivity (Wildman–Crippen MR) is 71.3 cm³/mol. The summed E-state index contributed by atoms with van der Waals surface area (Å²) in [6.45, 7) is 0.209. The van der Waals surface area contributed by atoms with Gasteiger partial charge < -0.3 is 20.1 Å². The van der Waals surface area contributed by atoms with Crippen LogP contribution in [0.25, 0.3) is 0 Å². The average Bonchev–Trinajstić information content (AvgIpc) is 2.35. The van der Waals surface area contributed by atoms with Crippen molar-refractivity contribution in [3.63, 3.8) is 0 Å². The Hall–Kier alpha value is -1.01. The fraction of sp³-hybridized carbons (Fsp3) is 0.364. The summed E-state index contributed by atoms with van der Waals surface area (Å²) in [5, 5.41) is 5.86. The van der Waals surface area contributed by atoms with Crippen LogP contribution >= 0.6 is 23.2 Å². The zero-order chi connectivity index (χ0) is 13.5. The van der Waals surface area contributed by atoms with E-state index in [1.165, 1.54) is 14.2 Å². The van der Waals surface area contributed by atoms with E-state index >= 15 is 0 Å². The molecule has 0 spiro atoms. The van der Waals surface area contributed by atoms with Gasteiger partial charge in [-0.2, -0.15) is 0 Å². The lowest BCUT2D eigenvalue weighted by Gasteiger charge is -2.15. The molecule has 0 saturated carbocycles. The van der Waals surface area contributed by atoms with Crippen molar-refractivity contribution in [2.75, 3.05) is 26.1 Å². The van der Waals surface area contributed by atoms with Crippen LogP contribution in [-0.4, -0.2) is 33.1 Å². The highest BCUT2D eigenvalue weighted by Crippen LogP contribution is 2.29. The summed E-state index contributed by atoms with van der Waals surface area (Å²) >= 11 is 11.8. The molecular weight excluding hydrogens is 279 g/mol. The number of rotatable bonds is 5. The lowest BCUT2D eigenvalue weighted by molar-refractivity contribution is -0.0970. The fourth-order valence-electron chi connectivity index (χ4n) is 1.21. The zero-order valence-electron chi connectivity index (χ0n) is 10.00. The van der Waals surface area contributed by atoms with Gasteiger partial charge in [0.15, 0.2) is 6.29 Å². The molecule has 0 aliphatic heterocycles. The van der Waals surface area contributed by atoms with Crippen molar-refractivity contribution in [1.82, 2.24) is 5.32 Å². The number of carbonyl (C=O) groups excluding carboxylic acids is 1. The van der Waals surface area contributed by atoms with Gasteiger partial charge in [0.05, 0.1) is 22.3 Å². The number of hydrogen-bond donors (Lipinski definition) is 2. The Labute approximate surface area is 115 Å². The number of nitrogens with one attached hydrogen (secondary N) is 2. The highest BCUT2D eigenvalue weighted by molar-refractivity contribution is 6.39. The van der Waals surface area contributed by atoms with Crippen LogP contribution in [0.4, 0.5) is 10.5 Å². The number of carbonyl (C=O) groups is 1. The van der Waals surface area contributed by atoms with E-state index in [1.54, 1.807) is 18.2 Å². The number of amides is 2. The summed E-state index contributed by atoms with van der Waals surface area (Å²) < 4.78 is 9.86. The third kappa shape index (κ3) is 4.34. The maximum atomic E-state index is 11.6. The van der Waals surface area contributed by atoms with Gasteiger partial charge in [0.1, 0.15) is 0 Å². The molecule has 0 bridgehead atoms. The number of urea groups is 1. The average molecular weight is 293 g/mol. The molecule has 0 atom stereocenters. The summed E-state index contributed by atoms with van der Waals surface area (Å²) in [6.07, 6.45) is -0.502. The number of para-hydroxylation sites is 1. The van der Waals surface area contributed by atoms with Gasteiger partial charge in [-0.05, 0) is 12.1 Å². The summed E-state index contributed by atoms with van der Waals surface area (Å²) in [5.74, 6) is 0. The van der Waals surface area contributed by atoms with E-state index in [2.05, 4.69) is 10.6 Å². The van der Waals surface area contributed by atoms with Gasteiger partial charge in [0.25, 0.3) is 0 Å². The van der Waals surface area contributed by atoms with Gasteiger partial charge in [-0.25, -0.2) is 4.79 Å². The van der Waals surface area contributed by atoms with Crippen molar-refractivity contribution in [3.05, 3.63) is 28.2 Å². The molecule has 2 amide bonds. The highest BCUT2D eigenvalue weighted by atomic mass is 35.5. The van der Waals surface area contributed by atoms with Crippen LogP contribution in [0.3, 0.4) is 0 Å². The Morgan fingerprint density at radius 1 is 1.28 bits per heavy atom. The topological polar surface area (TPSA) is 59.6 Å². The molecule has 0 aromatic heterocycles. The first-order valence-electron chi connectivity index (χ1n) is 5.13. The van der Waals surface area contributed by atoms with E-state index in [1.807, 2.05) is 0 Å². The van der Waals surface area contributed by atoms with Gasteiger partial charge in [-0.3, -0.25) is 0 Å². The number of benzene rings is 1. The molecule has 0 aliphatic carbocycles. The second kappa shape index (κ2) is 7.43. The van der Waals surface area contributed by atoms with Crippen molar-refractivity contribution in [2.45, 2.75) is 6.29 Å². The summed E-state index contributed by atoms with van der Waals surface area (Å²) in [4.78, 5) is 11.6. The minimum atomic E-state index is -0.502. The molecule has 2 N–H and O–H groups in total. The number of halogens is 2. The predicted octanol–water partition coefficient (Wildman–Crippen LogP) is 2.73. The Balaban J connectivity index is 2.55. The minimum absolute atomic E-state index is 0.209. The molecule has 1 rings (SSSR count). The van der Waals surface area contributed by atoms with Crippen LogP contribution < -0.4 is 10.6 Å². The first-order chi connectivity index (χ1) is 8.58. The molecule has 100 valence electrons. The smallest absolute Gasteiger partial charge is 0.319 e. The van der Waals surface area contributed by atoms with E-state index in [4.69, 9.17) is 32.7 Å². The van der Waals surface area contributed by atoms with Crippen molar-refractivity contribution in [2.24, 2.45) is 0 Å². The quantitative estimate of drug-likeness (QED) is 0.821. The Morgan fingerprint density at radius 3 is 2.33 bits per heavy atom. The van der Waals surface area contributed by atoms with Crippen molar-refractivity contribution in [3.8, 4) is 0 Å². The number of hydrogen-bond acceptors (Lipinski definition) is 3. The van der Waals surface area contributed by atoms with E-state index < -0.39 is 12.3 Å². The van der Waals surface area contributed by atoms with E-state index in [9.17, 15) is 4.79 Å². The van der Waals surface area contributed by atoms with E-state index in [0.29, 0.717) is 15.7 Å². The van der Waals surface area contributed by atoms with E-state index in [-0.39, 0.29) is 6.54 Å². The van der Waals surface area contributed by atoms with Crippen LogP contribution in [0.2, 0.25) is 10.0 Å². The van der Waals surface area contributed by atoms with Gasteiger partial charge in [-0.1, -0.05) is 29.3 Å². The first kappa shape index (κ1) is 15.0. The zero-order valence-corrected chi connectivity index (χ0v) is 11.5. The molecule has 5 nitrogen and oxygen atoms in total. The van der Waals surface area contributed by atoms with Crippen LogP contribution in [0.1, 0.15) is 0 Å². The minimum Gasteiger partial charge on any atom is -0.354 e. The third-order valence-electron chi connectivity index (χ3n) is 2.16. The van der Waals surface area contributed by atoms with Gasteiger partial charge >= 0.3 is 6.03 Å². The Kier molecular flexibility index (Phi) is 6.21. The molecule has 0 heterocycles. The molecule has 0 aliphatic rings. The molecule has 0 unspecified atom stereocenters. The molecule has 18 heavy (non-hydrogen) atoms. The third-order valence-corrected chi connectivity index (χ3v) is 2.79. The summed E-state index contributed by atoms with van der Waals surface area (Å²) in [7, 11) is 2.97. The molecular formula is C11H14Cl2N2O3. The second-order valence-electron chi connectivity index (χ2n) is 3.33. The molecule has 0 radical (unpaired) electrons. The number of anilines is 1. The Bertz CT molecular complexity index is 391. The molecule has 1 aromatic rings. The second-order valence-corrected chi connectivity index (χ2v) is 4.15. The molecule has 0 fully saturated rings. The van der Waals surface area contributed by atoms with Crippen LogP contribution in [0.5, 0.6) is 0 Å². The maximum Gasteiger partial charge on any atom is 0.319 e. The lowest BCUT2D eigenvalue weighted by atomic mass is 10.3. The first-order valence-corrected chi connectivity index (χ1v) is 5.88. The van der Waals surface area contributed by atoms with Crippen molar-refractivity contribution in [1.29, 1.82) is 0 Å². The van der Waals surface area contributed by atoms with E-state index in [0.717, 1.165) is 0 Å². The van der Waals surface area contributed by atoms with Crippen LogP contribution in [0, 0.1) is 0 Å². The normalized spacial score (nSPS) is 10.5. The highest BCUT2D eigenvalue weighted by Gasteiger charge is 2.11. The fourth-order valence-corrected chi connectivity index (χ4v) is 1.71. The van der Waals surface area contributed by atoms with Gasteiger partial charge in [0, 0.05) is 14.2 Å².